The lowest BCUT2D eigenvalue weighted by Gasteiger charge is -2.04. The van der Waals surface area contributed by atoms with E-state index in [-0.39, 0.29) is 0 Å². The number of thiophene rings is 1. The second-order valence-electron chi connectivity index (χ2n) is 3.79. The zero-order chi connectivity index (χ0) is 12.6. The maximum absolute atomic E-state index is 4.13. The second kappa shape index (κ2) is 7.41. The molecule has 2 heterocycles. The van der Waals surface area contributed by atoms with Crippen LogP contribution in [-0.2, 0) is 6.54 Å². The lowest BCUT2D eigenvalue weighted by molar-refractivity contribution is 0.734. The number of aromatic amines is 1. The van der Waals surface area contributed by atoms with E-state index in [0.717, 1.165) is 30.3 Å². The molecule has 3 nitrogen and oxygen atoms in total. The van der Waals surface area contributed by atoms with E-state index in [1.165, 1.54) is 10.4 Å². The summed E-state index contributed by atoms with van der Waals surface area (Å²) < 4.78 is 0. The third-order valence-corrected chi connectivity index (χ3v) is 4.31. The summed E-state index contributed by atoms with van der Waals surface area (Å²) in [5.41, 5.74) is 2.36. The summed E-state index contributed by atoms with van der Waals surface area (Å²) in [4.78, 5) is 1.24. The summed E-state index contributed by atoms with van der Waals surface area (Å²) in [5.74, 6) is 2.13. The molecule has 0 saturated carbocycles. The average Bonchev–Trinajstić information content (AvgIpc) is 3.03. The molecular formula is C13H17N3S2. The highest BCUT2D eigenvalue weighted by molar-refractivity contribution is 7.99. The lowest BCUT2D eigenvalue weighted by atomic mass is 10.2. The normalized spacial score (nSPS) is 10.7. The number of nitrogens with zero attached hydrogens (tertiary/aromatic N) is 1. The van der Waals surface area contributed by atoms with Gasteiger partial charge < -0.3 is 5.32 Å². The fraction of sp³-hybridized carbons (Fsp3) is 0.308. The van der Waals surface area contributed by atoms with Crippen LogP contribution in [0.3, 0.4) is 0 Å². The molecule has 0 fully saturated rings. The molecule has 2 aromatic rings. The maximum Gasteiger partial charge on any atom is 0.0794 e. The Bertz CT molecular complexity index is 462. The molecule has 18 heavy (non-hydrogen) atoms. The van der Waals surface area contributed by atoms with Gasteiger partial charge in [0, 0.05) is 30.2 Å². The van der Waals surface area contributed by atoms with E-state index in [4.69, 9.17) is 0 Å². The van der Waals surface area contributed by atoms with Crippen molar-refractivity contribution in [1.82, 2.24) is 15.5 Å². The summed E-state index contributed by atoms with van der Waals surface area (Å²) in [7, 11) is 0. The van der Waals surface area contributed by atoms with Crippen molar-refractivity contribution in [3.63, 3.8) is 0 Å². The molecule has 0 aromatic carbocycles. The minimum atomic E-state index is 0.860. The number of hydrogen-bond donors (Lipinski definition) is 2. The Morgan fingerprint density at radius 3 is 3.28 bits per heavy atom. The van der Waals surface area contributed by atoms with Crippen molar-refractivity contribution in [2.24, 2.45) is 0 Å². The van der Waals surface area contributed by atoms with E-state index in [9.17, 15) is 0 Å². The Balaban J connectivity index is 1.80. The fourth-order valence-electron chi connectivity index (χ4n) is 1.61. The monoisotopic (exact) mass is 279 g/mol. The Hall–Kier alpha value is -1.04. The largest absolute Gasteiger partial charge is 0.312 e. The van der Waals surface area contributed by atoms with Gasteiger partial charge in [0.15, 0.2) is 0 Å². The standard InChI is InChI=1S/C13H17N3S2/c1-2-6-17-8-5-14-9-11-10-15-16-13(11)12-4-3-7-18-12/h2-4,7,10,14H,1,5-6,8-9H2,(H,15,16). The highest BCUT2D eigenvalue weighted by Crippen LogP contribution is 2.25. The lowest BCUT2D eigenvalue weighted by Crippen LogP contribution is -2.16. The molecule has 0 radical (unpaired) electrons. The Labute approximate surface area is 116 Å². The van der Waals surface area contributed by atoms with E-state index in [1.54, 1.807) is 11.3 Å². The van der Waals surface area contributed by atoms with Crippen LogP contribution in [0, 0.1) is 0 Å². The van der Waals surface area contributed by atoms with Gasteiger partial charge in [0.1, 0.15) is 0 Å². The third-order valence-electron chi connectivity index (χ3n) is 2.46. The first kappa shape index (κ1) is 13.4. The smallest absolute Gasteiger partial charge is 0.0794 e. The van der Waals surface area contributed by atoms with E-state index in [2.05, 4.69) is 39.6 Å². The third kappa shape index (κ3) is 3.73. The van der Waals surface area contributed by atoms with E-state index in [1.807, 2.05) is 24.0 Å². The van der Waals surface area contributed by atoms with Crippen LogP contribution in [0.2, 0.25) is 0 Å². The van der Waals surface area contributed by atoms with Crippen LogP contribution in [0.25, 0.3) is 10.6 Å². The molecule has 2 rings (SSSR count). The minimum Gasteiger partial charge on any atom is -0.312 e. The molecule has 0 amide bonds. The Kier molecular flexibility index (Phi) is 5.51. The van der Waals surface area contributed by atoms with Crippen LogP contribution in [0.5, 0.6) is 0 Å². The molecule has 2 aromatic heterocycles. The first-order valence-electron chi connectivity index (χ1n) is 5.87. The van der Waals surface area contributed by atoms with Gasteiger partial charge in [-0.05, 0) is 11.4 Å². The second-order valence-corrected chi connectivity index (χ2v) is 5.89. The highest BCUT2D eigenvalue weighted by atomic mass is 32.2. The van der Waals surface area contributed by atoms with E-state index >= 15 is 0 Å². The highest BCUT2D eigenvalue weighted by Gasteiger charge is 2.07. The first-order valence-corrected chi connectivity index (χ1v) is 7.90. The summed E-state index contributed by atoms with van der Waals surface area (Å²) in [6.07, 6.45) is 3.84. The molecule has 5 heteroatoms. The predicted molar refractivity (Wildman–Crippen MR) is 81.1 cm³/mol. The summed E-state index contributed by atoms with van der Waals surface area (Å²) in [5, 5.41) is 12.7. The van der Waals surface area contributed by atoms with Gasteiger partial charge >= 0.3 is 0 Å². The maximum atomic E-state index is 4.13. The number of H-pyrrole nitrogens is 1. The van der Waals surface area contributed by atoms with Crippen LogP contribution >= 0.6 is 23.1 Å². The van der Waals surface area contributed by atoms with Gasteiger partial charge in [0.2, 0.25) is 0 Å². The molecule has 96 valence electrons. The van der Waals surface area contributed by atoms with Crippen molar-refractivity contribution in [2.75, 3.05) is 18.1 Å². The van der Waals surface area contributed by atoms with Crippen molar-refractivity contribution < 1.29 is 0 Å². The van der Waals surface area contributed by atoms with Crippen molar-refractivity contribution in [2.45, 2.75) is 6.54 Å². The van der Waals surface area contributed by atoms with Gasteiger partial charge in [-0.2, -0.15) is 16.9 Å². The van der Waals surface area contributed by atoms with Gasteiger partial charge in [-0.3, -0.25) is 5.10 Å². The van der Waals surface area contributed by atoms with Crippen LogP contribution < -0.4 is 5.32 Å². The number of nitrogens with one attached hydrogen (secondary N) is 2. The molecule has 0 aliphatic heterocycles. The van der Waals surface area contributed by atoms with Crippen molar-refractivity contribution >= 4 is 23.1 Å². The fourth-order valence-corrected chi connectivity index (χ4v) is 2.99. The molecule has 0 spiro atoms. The van der Waals surface area contributed by atoms with Gasteiger partial charge in [-0.1, -0.05) is 12.1 Å². The quantitative estimate of drug-likeness (QED) is 0.576. The molecule has 0 bridgehead atoms. The topological polar surface area (TPSA) is 40.7 Å². The molecule has 0 aliphatic rings. The SMILES string of the molecule is C=CCSCCNCc1cn[nH]c1-c1cccs1. The Morgan fingerprint density at radius 1 is 1.56 bits per heavy atom. The first-order chi connectivity index (χ1) is 8.92. The molecule has 0 atom stereocenters. The van der Waals surface area contributed by atoms with Crippen LogP contribution in [0.4, 0.5) is 0 Å². The van der Waals surface area contributed by atoms with Crippen LogP contribution in [0.1, 0.15) is 5.56 Å². The van der Waals surface area contributed by atoms with Crippen LogP contribution in [0.15, 0.2) is 36.4 Å². The minimum absolute atomic E-state index is 0.860. The molecule has 0 aliphatic carbocycles. The zero-order valence-electron chi connectivity index (χ0n) is 10.2. The predicted octanol–water partition coefficient (Wildman–Crippen LogP) is 3.15. The molecule has 2 N–H and O–H groups in total. The number of rotatable bonds is 8. The van der Waals surface area contributed by atoms with Crippen molar-refractivity contribution in [1.29, 1.82) is 0 Å². The summed E-state index contributed by atoms with van der Waals surface area (Å²) in [6.45, 7) is 5.57. The summed E-state index contributed by atoms with van der Waals surface area (Å²) in [6, 6.07) is 4.17. The van der Waals surface area contributed by atoms with Gasteiger partial charge in [0.25, 0.3) is 0 Å². The van der Waals surface area contributed by atoms with Gasteiger partial charge in [0.05, 0.1) is 16.8 Å². The van der Waals surface area contributed by atoms with E-state index in [0.29, 0.717) is 0 Å². The van der Waals surface area contributed by atoms with Crippen LogP contribution in [-0.4, -0.2) is 28.2 Å². The average molecular weight is 279 g/mol. The zero-order valence-corrected chi connectivity index (χ0v) is 11.8. The van der Waals surface area contributed by atoms with E-state index < -0.39 is 0 Å². The molecule has 0 unspecified atom stereocenters. The molecular weight excluding hydrogens is 262 g/mol. The number of aromatic nitrogens is 2. The Morgan fingerprint density at radius 2 is 2.50 bits per heavy atom. The van der Waals surface area contributed by atoms with Crippen molar-refractivity contribution in [3.05, 3.63) is 41.9 Å². The number of hydrogen-bond acceptors (Lipinski definition) is 4. The van der Waals surface area contributed by atoms with Gasteiger partial charge in [-0.25, -0.2) is 0 Å². The summed E-state index contributed by atoms with van der Waals surface area (Å²) >= 11 is 3.62. The number of thioether (sulfide) groups is 1. The van der Waals surface area contributed by atoms with Gasteiger partial charge in [-0.15, -0.1) is 17.9 Å². The van der Waals surface area contributed by atoms with Crippen molar-refractivity contribution in [3.8, 4) is 10.6 Å². The molecule has 0 saturated heterocycles.